The van der Waals surface area contributed by atoms with Crippen molar-refractivity contribution in [3.63, 3.8) is 0 Å². The molecule has 0 spiro atoms. The fourth-order valence-corrected chi connectivity index (χ4v) is 2.75. The van der Waals surface area contributed by atoms with Crippen LogP contribution in [0.2, 0.25) is 0 Å². The molecule has 0 radical (unpaired) electrons. The normalized spacial score (nSPS) is 10.6. The second-order valence-corrected chi connectivity index (χ2v) is 5.88. The molecule has 0 saturated heterocycles. The molecule has 0 aliphatic carbocycles. The smallest absolute Gasteiger partial charge is 0.219 e. The second kappa shape index (κ2) is 7.31. The van der Waals surface area contributed by atoms with Crippen LogP contribution in [0.1, 0.15) is 28.4 Å². The van der Waals surface area contributed by atoms with Gasteiger partial charge in [-0.25, -0.2) is 14.4 Å². The van der Waals surface area contributed by atoms with Crippen molar-refractivity contribution in [2.75, 3.05) is 12.8 Å². The predicted octanol–water partition coefficient (Wildman–Crippen LogP) is 3.67. The average molecular weight is 351 g/mol. The Balaban J connectivity index is 2.08. The Hall–Kier alpha value is -3.28. The maximum absolute atomic E-state index is 15.3. The summed E-state index contributed by atoms with van der Waals surface area (Å²) in [6, 6.07) is 10.2. The molecular formula is C20H18FN3O2. The number of nitrogens with zero attached hydrogens (tertiary/aromatic N) is 2. The zero-order valence-electron chi connectivity index (χ0n) is 14.5. The Morgan fingerprint density at radius 3 is 2.58 bits per heavy atom. The van der Waals surface area contributed by atoms with Crippen LogP contribution in [0.25, 0.3) is 11.1 Å². The second-order valence-electron chi connectivity index (χ2n) is 5.88. The number of carbonyl (C=O) groups excluding carboxylic acids is 1. The van der Waals surface area contributed by atoms with Gasteiger partial charge >= 0.3 is 0 Å². The van der Waals surface area contributed by atoms with E-state index in [1.807, 2.05) is 0 Å². The summed E-state index contributed by atoms with van der Waals surface area (Å²) in [5, 5.41) is 0. The van der Waals surface area contributed by atoms with Crippen LogP contribution >= 0.6 is 0 Å². The summed E-state index contributed by atoms with van der Waals surface area (Å²) in [6.07, 6.45) is 3.46. The molecule has 2 aromatic carbocycles. The van der Waals surface area contributed by atoms with Gasteiger partial charge in [0.2, 0.25) is 5.95 Å². The van der Waals surface area contributed by atoms with Crippen molar-refractivity contribution in [2.24, 2.45) is 0 Å². The van der Waals surface area contributed by atoms with Gasteiger partial charge in [0.25, 0.3) is 0 Å². The zero-order chi connectivity index (χ0) is 18.7. The number of anilines is 1. The Morgan fingerprint density at radius 2 is 1.92 bits per heavy atom. The average Bonchev–Trinajstić information content (AvgIpc) is 2.65. The largest absolute Gasteiger partial charge is 0.496 e. The number of benzene rings is 2. The van der Waals surface area contributed by atoms with Crippen LogP contribution in [0.3, 0.4) is 0 Å². The van der Waals surface area contributed by atoms with Crippen LogP contribution in [0, 0.1) is 5.82 Å². The molecule has 132 valence electrons. The molecule has 3 rings (SSSR count). The fourth-order valence-electron chi connectivity index (χ4n) is 2.75. The Labute approximate surface area is 150 Å². The van der Waals surface area contributed by atoms with Gasteiger partial charge in [-0.1, -0.05) is 24.3 Å². The van der Waals surface area contributed by atoms with E-state index in [1.54, 1.807) is 48.8 Å². The maximum Gasteiger partial charge on any atom is 0.219 e. The summed E-state index contributed by atoms with van der Waals surface area (Å²) in [7, 11) is 1.49. The number of ketones is 1. The van der Waals surface area contributed by atoms with E-state index in [0.29, 0.717) is 34.4 Å². The van der Waals surface area contributed by atoms with Crippen LogP contribution in [-0.4, -0.2) is 22.9 Å². The molecule has 0 fully saturated rings. The molecule has 1 aromatic heterocycles. The Bertz CT molecular complexity index is 956. The van der Waals surface area contributed by atoms with E-state index < -0.39 is 5.82 Å². The minimum absolute atomic E-state index is 0.0820. The maximum atomic E-state index is 15.3. The van der Waals surface area contributed by atoms with Crippen LogP contribution in [0.5, 0.6) is 5.75 Å². The van der Waals surface area contributed by atoms with Crippen molar-refractivity contribution in [2.45, 2.75) is 13.3 Å². The molecule has 2 N–H and O–H groups in total. The highest BCUT2D eigenvalue weighted by atomic mass is 19.1. The first kappa shape index (κ1) is 17.5. The molecule has 0 unspecified atom stereocenters. The lowest BCUT2D eigenvalue weighted by molar-refractivity contribution is 0.101. The van der Waals surface area contributed by atoms with E-state index in [1.165, 1.54) is 14.0 Å². The highest BCUT2D eigenvalue weighted by Crippen LogP contribution is 2.35. The highest BCUT2D eigenvalue weighted by Gasteiger charge is 2.17. The minimum Gasteiger partial charge on any atom is -0.496 e. The fraction of sp³-hybridized carbons (Fsp3) is 0.150. The molecule has 0 aliphatic heterocycles. The number of nitrogen functional groups attached to an aromatic ring is 1. The summed E-state index contributed by atoms with van der Waals surface area (Å²) in [5.41, 5.74) is 8.13. The minimum atomic E-state index is -0.401. The monoisotopic (exact) mass is 351 g/mol. The molecule has 5 nitrogen and oxygen atoms in total. The van der Waals surface area contributed by atoms with Gasteiger partial charge in [-0.3, -0.25) is 4.79 Å². The number of ether oxygens (including phenoxy) is 1. The third-order valence-corrected chi connectivity index (χ3v) is 4.08. The van der Waals surface area contributed by atoms with E-state index in [2.05, 4.69) is 9.97 Å². The van der Waals surface area contributed by atoms with Crippen molar-refractivity contribution >= 4 is 11.7 Å². The van der Waals surface area contributed by atoms with Gasteiger partial charge < -0.3 is 10.5 Å². The Kier molecular flexibility index (Phi) is 4.93. The van der Waals surface area contributed by atoms with Gasteiger partial charge in [0, 0.05) is 24.4 Å². The molecule has 0 bridgehead atoms. The highest BCUT2D eigenvalue weighted by molar-refractivity contribution is 5.95. The number of methoxy groups -OCH3 is 1. The first-order valence-corrected chi connectivity index (χ1v) is 8.02. The van der Waals surface area contributed by atoms with Crippen molar-refractivity contribution in [1.29, 1.82) is 0 Å². The molecule has 0 saturated carbocycles. The van der Waals surface area contributed by atoms with Gasteiger partial charge in [0.05, 0.1) is 12.7 Å². The van der Waals surface area contributed by atoms with E-state index in [0.717, 1.165) is 5.56 Å². The molecule has 6 heteroatoms. The number of Topliss-reactive ketones (excluding diaryl/α,β-unsaturated/α-hetero) is 1. The number of rotatable bonds is 5. The van der Waals surface area contributed by atoms with E-state index in [4.69, 9.17) is 10.5 Å². The number of nitrogens with two attached hydrogens (primary N) is 1. The van der Waals surface area contributed by atoms with Crippen molar-refractivity contribution in [1.82, 2.24) is 9.97 Å². The number of aromatic nitrogens is 2. The molecular weight excluding hydrogens is 333 g/mol. The first-order chi connectivity index (χ1) is 12.5. The lowest BCUT2D eigenvalue weighted by Crippen LogP contribution is -2.01. The molecule has 26 heavy (non-hydrogen) atoms. The lowest BCUT2D eigenvalue weighted by Gasteiger charge is -2.14. The summed E-state index contributed by atoms with van der Waals surface area (Å²) >= 11 is 0. The number of halogens is 1. The molecule has 0 amide bonds. The van der Waals surface area contributed by atoms with Gasteiger partial charge in [0.15, 0.2) is 5.78 Å². The summed E-state index contributed by atoms with van der Waals surface area (Å²) in [5.74, 6) is 0.0921. The standard InChI is InChI=1S/C20H18FN3O2/c1-12(25)14-4-3-5-15(9-14)18-17(26-2)7-6-16(19(18)21)8-13-10-23-20(22)24-11-13/h3-7,9-11H,8H2,1-2H3,(H2,22,23,24). The molecule has 3 aromatic rings. The van der Waals surface area contributed by atoms with E-state index in [-0.39, 0.29) is 11.7 Å². The van der Waals surface area contributed by atoms with Gasteiger partial charge in [-0.05, 0) is 35.7 Å². The van der Waals surface area contributed by atoms with Crippen LogP contribution < -0.4 is 10.5 Å². The topological polar surface area (TPSA) is 78.1 Å². The Morgan fingerprint density at radius 1 is 1.19 bits per heavy atom. The third kappa shape index (κ3) is 3.54. The van der Waals surface area contributed by atoms with Crippen LogP contribution in [0.4, 0.5) is 10.3 Å². The van der Waals surface area contributed by atoms with Gasteiger partial charge in [-0.2, -0.15) is 0 Å². The van der Waals surface area contributed by atoms with E-state index >= 15 is 4.39 Å². The van der Waals surface area contributed by atoms with Crippen molar-refractivity contribution in [3.05, 3.63) is 71.3 Å². The lowest BCUT2D eigenvalue weighted by atomic mass is 9.96. The van der Waals surface area contributed by atoms with Gasteiger partial charge in [-0.15, -0.1) is 0 Å². The molecule has 1 heterocycles. The third-order valence-electron chi connectivity index (χ3n) is 4.08. The SMILES string of the molecule is COc1ccc(Cc2cnc(N)nc2)c(F)c1-c1cccc(C(C)=O)c1. The van der Waals surface area contributed by atoms with Crippen molar-refractivity contribution in [3.8, 4) is 16.9 Å². The summed E-state index contributed by atoms with van der Waals surface area (Å²) < 4.78 is 20.6. The number of hydrogen-bond donors (Lipinski definition) is 1. The van der Waals surface area contributed by atoms with Crippen LogP contribution in [-0.2, 0) is 6.42 Å². The summed E-state index contributed by atoms with van der Waals surface area (Å²) in [6.45, 7) is 1.48. The predicted molar refractivity (Wildman–Crippen MR) is 97.6 cm³/mol. The number of hydrogen-bond acceptors (Lipinski definition) is 5. The first-order valence-electron chi connectivity index (χ1n) is 8.02. The molecule has 0 atom stereocenters. The zero-order valence-corrected chi connectivity index (χ0v) is 14.5. The van der Waals surface area contributed by atoms with Crippen LogP contribution in [0.15, 0.2) is 48.8 Å². The quantitative estimate of drug-likeness (QED) is 0.710. The molecule has 0 aliphatic rings. The van der Waals surface area contributed by atoms with Gasteiger partial charge in [0.1, 0.15) is 11.6 Å². The van der Waals surface area contributed by atoms with Crippen molar-refractivity contribution < 1.29 is 13.9 Å². The number of carbonyl (C=O) groups is 1. The van der Waals surface area contributed by atoms with E-state index in [9.17, 15) is 4.79 Å². The summed E-state index contributed by atoms with van der Waals surface area (Å²) in [4.78, 5) is 19.5.